The van der Waals surface area contributed by atoms with Crippen LogP contribution in [0.5, 0.6) is 0 Å². The topological polar surface area (TPSA) is 35.8 Å². The highest BCUT2D eigenvalue weighted by Gasteiger charge is 2.24. The summed E-state index contributed by atoms with van der Waals surface area (Å²) in [5, 5.41) is 12.4. The molecule has 104 valence electrons. The molecule has 0 heterocycles. The molecule has 2 nitrogen and oxygen atoms in total. The average Bonchev–Trinajstić information content (AvgIpc) is 2.31. The fourth-order valence-corrected chi connectivity index (χ4v) is 2.51. The zero-order chi connectivity index (χ0) is 14.7. The standard InChI is InChI=1S/C16H23BrN2/c1-12-6-7-13(17)8-14(12)16(4,5)11-19-10-15(2,3)9-18/h6-8,19H,10-11H2,1-5H3. The molecule has 0 aliphatic carbocycles. The molecule has 1 N–H and O–H groups in total. The summed E-state index contributed by atoms with van der Waals surface area (Å²) in [5.41, 5.74) is 2.36. The smallest absolute Gasteiger partial charge is 0.0697 e. The highest BCUT2D eigenvalue weighted by Crippen LogP contribution is 2.28. The Hall–Kier alpha value is -0.850. The van der Waals surface area contributed by atoms with Crippen molar-refractivity contribution in [2.45, 2.75) is 40.0 Å². The van der Waals surface area contributed by atoms with Crippen molar-refractivity contribution in [2.75, 3.05) is 13.1 Å². The third kappa shape index (κ3) is 4.63. The number of nitrogens with zero attached hydrogens (tertiary/aromatic N) is 1. The summed E-state index contributed by atoms with van der Waals surface area (Å²) in [4.78, 5) is 0. The van der Waals surface area contributed by atoms with Crippen LogP contribution in [0.15, 0.2) is 22.7 Å². The van der Waals surface area contributed by atoms with Crippen LogP contribution < -0.4 is 5.32 Å². The third-order valence-electron chi connectivity index (χ3n) is 3.37. The molecule has 0 spiro atoms. The Morgan fingerprint density at radius 2 is 1.84 bits per heavy atom. The zero-order valence-electron chi connectivity index (χ0n) is 12.5. The van der Waals surface area contributed by atoms with Gasteiger partial charge in [0.25, 0.3) is 0 Å². The van der Waals surface area contributed by atoms with E-state index >= 15 is 0 Å². The molecule has 19 heavy (non-hydrogen) atoms. The van der Waals surface area contributed by atoms with E-state index in [1.165, 1.54) is 11.1 Å². The first-order chi connectivity index (χ1) is 8.68. The molecule has 0 aliphatic heterocycles. The molecule has 0 aromatic heterocycles. The number of hydrogen-bond acceptors (Lipinski definition) is 2. The maximum atomic E-state index is 9.02. The minimum absolute atomic E-state index is 0.0411. The van der Waals surface area contributed by atoms with Gasteiger partial charge in [-0.1, -0.05) is 35.8 Å². The average molecular weight is 323 g/mol. The largest absolute Gasteiger partial charge is 0.314 e. The van der Waals surface area contributed by atoms with Crippen LogP contribution in [0.1, 0.15) is 38.8 Å². The van der Waals surface area contributed by atoms with Gasteiger partial charge in [-0.25, -0.2) is 0 Å². The maximum absolute atomic E-state index is 9.02. The van der Waals surface area contributed by atoms with Crippen LogP contribution in [-0.2, 0) is 5.41 Å². The Kier molecular flexibility index (Phi) is 5.18. The summed E-state index contributed by atoms with van der Waals surface area (Å²) in [6.07, 6.45) is 0. The van der Waals surface area contributed by atoms with Crippen LogP contribution in [0.3, 0.4) is 0 Å². The van der Waals surface area contributed by atoms with E-state index in [1.54, 1.807) is 0 Å². The summed E-state index contributed by atoms with van der Waals surface area (Å²) in [6, 6.07) is 8.71. The van der Waals surface area contributed by atoms with E-state index in [0.717, 1.165) is 11.0 Å². The van der Waals surface area contributed by atoms with E-state index in [2.05, 4.69) is 66.3 Å². The Bertz CT molecular complexity index is 484. The lowest BCUT2D eigenvalue weighted by molar-refractivity contribution is 0.396. The number of nitrogens with one attached hydrogen (secondary N) is 1. The Labute approximate surface area is 125 Å². The molecule has 0 fully saturated rings. The quantitative estimate of drug-likeness (QED) is 0.882. The predicted molar refractivity (Wildman–Crippen MR) is 84.2 cm³/mol. The fraction of sp³-hybridized carbons (Fsp3) is 0.562. The van der Waals surface area contributed by atoms with Gasteiger partial charge in [0.05, 0.1) is 11.5 Å². The SMILES string of the molecule is Cc1ccc(Br)cc1C(C)(C)CNCC(C)(C)C#N. The van der Waals surface area contributed by atoms with Gasteiger partial charge >= 0.3 is 0 Å². The Balaban J connectivity index is 2.76. The van der Waals surface area contributed by atoms with Crippen molar-refractivity contribution in [3.8, 4) is 6.07 Å². The van der Waals surface area contributed by atoms with Gasteiger partial charge in [-0.3, -0.25) is 0 Å². The number of halogens is 1. The fourth-order valence-electron chi connectivity index (χ4n) is 2.15. The van der Waals surface area contributed by atoms with Gasteiger partial charge in [-0.05, 0) is 44.0 Å². The van der Waals surface area contributed by atoms with Crippen LogP contribution in [0.25, 0.3) is 0 Å². The first kappa shape index (κ1) is 16.2. The molecule has 0 aliphatic rings. The number of benzene rings is 1. The number of rotatable bonds is 5. The van der Waals surface area contributed by atoms with Crippen molar-refractivity contribution in [2.24, 2.45) is 5.41 Å². The van der Waals surface area contributed by atoms with Crippen LogP contribution in [-0.4, -0.2) is 13.1 Å². The molecule has 0 bridgehead atoms. The third-order valence-corrected chi connectivity index (χ3v) is 3.86. The predicted octanol–water partition coefficient (Wildman–Crippen LogP) is 4.17. The van der Waals surface area contributed by atoms with E-state index in [4.69, 9.17) is 5.26 Å². The molecular weight excluding hydrogens is 300 g/mol. The summed E-state index contributed by atoms with van der Waals surface area (Å²) in [7, 11) is 0. The lowest BCUT2D eigenvalue weighted by Gasteiger charge is -2.29. The summed E-state index contributed by atoms with van der Waals surface area (Å²) in [6.45, 7) is 12.1. The monoisotopic (exact) mass is 322 g/mol. The second-order valence-corrected chi connectivity index (χ2v) is 7.36. The van der Waals surface area contributed by atoms with Gasteiger partial charge in [0, 0.05) is 23.0 Å². The molecule has 0 saturated heterocycles. The van der Waals surface area contributed by atoms with E-state index < -0.39 is 0 Å². The summed E-state index contributed by atoms with van der Waals surface area (Å²) in [5.74, 6) is 0. The van der Waals surface area contributed by atoms with Crippen molar-refractivity contribution in [3.05, 3.63) is 33.8 Å². The second-order valence-electron chi connectivity index (χ2n) is 6.44. The van der Waals surface area contributed by atoms with Crippen molar-refractivity contribution < 1.29 is 0 Å². The lowest BCUT2D eigenvalue weighted by atomic mass is 9.81. The van der Waals surface area contributed by atoms with Crippen LogP contribution in [0, 0.1) is 23.7 Å². The molecule has 0 atom stereocenters. The number of aryl methyl sites for hydroxylation is 1. The Morgan fingerprint density at radius 1 is 1.21 bits per heavy atom. The summed E-state index contributed by atoms with van der Waals surface area (Å²) >= 11 is 3.54. The molecule has 0 unspecified atom stereocenters. The molecule has 0 radical (unpaired) electrons. The maximum Gasteiger partial charge on any atom is 0.0697 e. The molecule has 1 rings (SSSR count). The summed E-state index contributed by atoms with van der Waals surface area (Å²) < 4.78 is 1.11. The van der Waals surface area contributed by atoms with E-state index in [0.29, 0.717) is 6.54 Å². The van der Waals surface area contributed by atoms with Gasteiger partial charge in [-0.2, -0.15) is 5.26 Å². The lowest BCUT2D eigenvalue weighted by Crippen LogP contribution is -2.38. The van der Waals surface area contributed by atoms with Gasteiger partial charge < -0.3 is 5.32 Å². The van der Waals surface area contributed by atoms with Gasteiger partial charge in [0.1, 0.15) is 0 Å². The number of hydrogen-bond donors (Lipinski definition) is 1. The minimum atomic E-state index is -0.317. The molecule has 0 saturated carbocycles. The first-order valence-corrected chi connectivity index (χ1v) is 7.36. The van der Waals surface area contributed by atoms with Gasteiger partial charge in [-0.15, -0.1) is 0 Å². The Morgan fingerprint density at radius 3 is 2.42 bits per heavy atom. The molecule has 0 amide bonds. The van der Waals surface area contributed by atoms with Crippen LogP contribution >= 0.6 is 15.9 Å². The van der Waals surface area contributed by atoms with E-state index in [9.17, 15) is 0 Å². The van der Waals surface area contributed by atoms with Crippen molar-refractivity contribution in [3.63, 3.8) is 0 Å². The van der Waals surface area contributed by atoms with Gasteiger partial charge in [0.15, 0.2) is 0 Å². The zero-order valence-corrected chi connectivity index (χ0v) is 14.1. The normalized spacial score (nSPS) is 12.3. The number of nitriles is 1. The van der Waals surface area contributed by atoms with Crippen molar-refractivity contribution in [1.82, 2.24) is 5.32 Å². The molecular formula is C16H23BrN2. The second kappa shape index (κ2) is 6.07. The van der Waals surface area contributed by atoms with Crippen LogP contribution in [0.4, 0.5) is 0 Å². The minimum Gasteiger partial charge on any atom is -0.314 e. The molecule has 1 aromatic carbocycles. The molecule has 3 heteroatoms. The highest BCUT2D eigenvalue weighted by atomic mass is 79.9. The van der Waals surface area contributed by atoms with E-state index in [1.807, 2.05) is 13.8 Å². The first-order valence-electron chi connectivity index (χ1n) is 6.56. The van der Waals surface area contributed by atoms with Crippen molar-refractivity contribution >= 4 is 15.9 Å². The molecule has 1 aromatic rings. The highest BCUT2D eigenvalue weighted by molar-refractivity contribution is 9.10. The van der Waals surface area contributed by atoms with Gasteiger partial charge in [0.2, 0.25) is 0 Å². The van der Waals surface area contributed by atoms with Crippen LogP contribution in [0.2, 0.25) is 0 Å². The van der Waals surface area contributed by atoms with Crippen molar-refractivity contribution in [1.29, 1.82) is 5.26 Å². The van der Waals surface area contributed by atoms with E-state index in [-0.39, 0.29) is 10.8 Å².